The Morgan fingerprint density at radius 3 is 2.53 bits per heavy atom. The van der Waals surface area contributed by atoms with Gasteiger partial charge < -0.3 is 14.8 Å². The molecule has 9 heteroatoms. The fourth-order valence-corrected chi connectivity index (χ4v) is 3.89. The van der Waals surface area contributed by atoms with Gasteiger partial charge in [-0.05, 0) is 51.0 Å². The first-order valence-electron chi connectivity index (χ1n) is 9.57. The smallest absolute Gasteiger partial charge is 0.344 e. The molecule has 0 atom stereocenters. The zero-order valence-corrected chi connectivity index (χ0v) is 18.5. The molecule has 3 aromatic carbocycles. The number of hydrogen-bond donors (Lipinski definition) is 1. The third-order valence-corrected chi connectivity index (χ3v) is 5.73. The largest absolute Gasteiger partial charge is 0.481 e. The fraction of sp³-hybridized carbons (Fsp3) is 0.130. The number of imide groups is 1. The molecular formula is C23H17BrN2O6. The van der Waals surface area contributed by atoms with Crippen molar-refractivity contribution in [2.75, 3.05) is 25.6 Å². The van der Waals surface area contributed by atoms with E-state index in [2.05, 4.69) is 21.2 Å². The van der Waals surface area contributed by atoms with Crippen molar-refractivity contribution in [3.8, 4) is 5.75 Å². The van der Waals surface area contributed by atoms with Gasteiger partial charge in [-0.1, -0.05) is 30.3 Å². The number of benzene rings is 3. The molecule has 8 nitrogen and oxygen atoms in total. The molecule has 0 spiro atoms. The summed E-state index contributed by atoms with van der Waals surface area (Å²) in [6.07, 6.45) is 0. The van der Waals surface area contributed by atoms with Crippen molar-refractivity contribution >= 4 is 56.1 Å². The van der Waals surface area contributed by atoms with Gasteiger partial charge in [-0.25, -0.2) is 4.79 Å². The molecule has 4 rings (SSSR count). The van der Waals surface area contributed by atoms with E-state index in [1.807, 2.05) is 30.3 Å². The maximum atomic E-state index is 12.1. The van der Waals surface area contributed by atoms with Crippen LogP contribution in [0.1, 0.15) is 20.7 Å². The quantitative estimate of drug-likeness (QED) is 0.414. The van der Waals surface area contributed by atoms with Gasteiger partial charge in [0.15, 0.2) is 13.2 Å². The highest BCUT2D eigenvalue weighted by Gasteiger charge is 2.32. The van der Waals surface area contributed by atoms with Crippen molar-refractivity contribution in [1.29, 1.82) is 0 Å². The first-order valence-corrected chi connectivity index (χ1v) is 10.4. The van der Waals surface area contributed by atoms with Crippen molar-refractivity contribution in [1.82, 2.24) is 4.90 Å². The molecule has 0 bridgehead atoms. The summed E-state index contributed by atoms with van der Waals surface area (Å²) in [7, 11) is 1.39. The molecule has 0 saturated heterocycles. The molecule has 0 aromatic heterocycles. The number of carbonyl (C=O) groups excluding carboxylic acids is 4. The Balaban J connectivity index is 1.30. The number of hydrogen-bond acceptors (Lipinski definition) is 6. The predicted octanol–water partition coefficient (Wildman–Crippen LogP) is 3.39. The molecule has 1 aliphatic heterocycles. The Morgan fingerprint density at radius 2 is 1.72 bits per heavy atom. The van der Waals surface area contributed by atoms with Crippen LogP contribution in [0, 0.1) is 0 Å². The average molecular weight is 497 g/mol. The number of anilines is 1. The topological polar surface area (TPSA) is 102 Å². The second-order valence-corrected chi connectivity index (χ2v) is 7.82. The molecule has 0 fully saturated rings. The van der Waals surface area contributed by atoms with Crippen LogP contribution in [0.25, 0.3) is 10.8 Å². The van der Waals surface area contributed by atoms with Crippen LogP contribution in [0.5, 0.6) is 5.75 Å². The van der Waals surface area contributed by atoms with E-state index in [0.717, 1.165) is 20.1 Å². The second kappa shape index (κ2) is 8.80. The SMILES string of the molecule is CN1C(=O)c2ccc(NC(=O)COC(=O)COc3ccc4ccccc4c3Br)cc2C1=O. The van der Waals surface area contributed by atoms with Crippen molar-refractivity contribution < 1.29 is 28.7 Å². The molecule has 32 heavy (non-hydrogen) atoms. The minimum atomic E-state index is -0.712. The summed E-state index contributed by atoms with van der Waals surface area (Å²) in [6, 6.07) is 15.7. The Labute approximate surface area is 191 Å². The Bertz CT molecular complexity index is 1270. The lowest BCUT2D eigenvalue weighted by molar-refractivity contribution is -0.149. The summed E-state index contributed by atoms with van der Waals surface area (Å²) in [5.74, 6) is -1.65. The van der Waals surface area contributed by atoms with Gasteiger partial charge >= 0.3 is 5.97 Å². The number of amides is 3. The highest BCUT2D eigenvalue weighted by molar-refractivity contribution is 9.10. The molecule has 3 amide bonds. The zero-order chi connectivity index (χ0) is 22.8. The maximum Gasteiger partial charge on any atom is 0.344 e. The van der Waals surface area contributed by atoms with E-state index in [0.29, 0.717) is 11.4 Å². The van der Waals surface area contributed by atoms with E-state index < -0.39 is 30.3 Å². The Kier molecular flexibility index (Phi) is 5.91. The Hall–Kier alpha value is -3.72. The van der Waals surface area contributed by atoms with Crippen molar-refractivity contribution in [2.24, 2.45) is 0 Å². The number of ether oxygens (including phenoxy) is 2. The minimum Gasteiger partial charge on any atom is -0.481 e. The van der Waals surface area contributed by atoms with Crippen LogP contribution in [0.2, 0.25) is 0 Å². The molecule has 0 saturated carbocycles. The van der Waals surface area contributed by atoms with E-state index in [4.69, 9.17) is 9.47 Å². The van der Waals surface area contributed by atoms with Crippen LogP contribution >= 0.6 is 15.9 Å². The summed E-state index contributed by atoms with van der Waals surface area (Å²) in [5, 5.41) is 4.50. The summed E-state index contributed by atoms with van der Waals surface area (Å²) >= 11 is 3.47. The predicted molar refractivity (Wildman–Crippen MR) is 120 cm³/mol. The number of rotatable bonds is 6. The van der Waals surface area contributed by atoms with Crippen LogP contribution in [-0.4, -0.2) is 48.9 Å². The number of fused-ring (bicyclic) bond motifs is 2. The normalized spacial score (nSPS) is 12.6. The Morgan fingerprint density at radius 1 is 0.969 bits per heavy atom. The number of esters is 1. The lowest BCUT2D eigenvalue weighted by Gasteiger charge is -2.10. The number of carbonyl (C=O) groups is 4. The van der Waals surface area contributed by atoms with Crippen molar-refractivity contribution in [3.63, 3.8) is 0 Å². The van der Waals surface area contributed by atoms with E-state index in [1.165, 1.54) is 25.2 Å². The van der Waals surface area contributed by atoms with Gasteiger partial charge in [0.25, 0.3) is 17.7 Å². The average Bonchev–Trinajstić information content (AvgIpc) is 3.01. The molecule has 1 aliphatic rings. The summed E-state index contributed by atoms with van der Waals surface area (Å²) in [6.45, 7) is -0.892. The molecular weight excluding hydrogens is 480 g/mol. The number of halogens is 1. The van der Waals surface area contributed by atoms with Gasteiger partial charge in [-0.3, -0.25) is 19.3 Å². The monoisotopic (exact) mass is 496 g/mol. The van der Waals surface area contributed by atoms with E-state index in [-0.39, 0.29) is 17.7 Å². The molecule has 162 valence electrons. The molecule has 1 N–H and O–H groups in total. The third kappa shape index (κ3) is 4.19. The summed E-state index contributed by atoms with van der Waals surface area (Å²) in [5.41, 5.74) is 0.804. The zero-order valence-electron chi connectivity index (χ0n) is 16.9. The highest BCUT2D eigenvalue weighted by atomic mass is 79.9. The molecule has 3 aromatic rings. The van der Waals surface area contributed by atoms with Crippen LogP contribution in [0.4, 0.5) is 5.69 Å². The molecule has 0 unspecified atom stereocenters. The van der Waals surface area contributed by atoms with E-state index >= 15 is 0 Å². The van der Waals surface area contributed by atoms with Gasteiger partial charge in [0.1, 0.15) is 5.75 Å². The van der Waals surface area contributed by atoms with Crippen LogP contribution in [0.15, 0.2) is 59.1 Å². The van der Waals surface area contributed by atoms with Gasteiger partial charge in [0.2, 0.25) is 0 Å². The van der Waals surface area contributed by atoms with Gasteiger partial charge in [-0.15, -0.1) is 0 Å². The lowest BCUT2D eigenvalue weighted by atomic mass is 10.1. The van der Waals surface area contributed by atoms with E-state index in [1.54, 1.807) is 6.07 Å². The second-order valence-electron chi connectivity index (χ2n) is 7.03. The molecule has 1 heterocycles. The van der Waals surface area contributed by atoms with Crippen LogP contribution < -0.4 is 10.1 Å². The van der Waals surface area contributed by atoms with Gasteiger partial charge in [0.05, 0.1) is 15.6 Å². The number of nitrogens with one attached hydrogen (secondary N) is 1. The third-order valence-electron chi connectivity index (χ3n) is 4.91. The summed E-state index contributed by atoms with van der Waals surface area (Å²) < 4.78 is 11.2. The van der Waals surface area contributed by atoms with Gasteiger partial charge in [0, 0.05) is 12.7 Å². The number of nitrogens with zero attached hydrogens (tertiary/aromatic N) is 1. The standard InChI is InChI=1S/C23H17BrN2O6/c1-26-22(29)16-8-7-14(10-17(16)23(26)30)25-19(27)11-32-20(28)12-31-18-9-6-13-4-2-3-5-15(13)21(18)24/h2-10H,11-12H2,1H3,(H,25,27). The maximum absolute atomic E-state index is 12.1. The minimum absolute atomic E-state index is 0.210. The van der Waals surface area contributed by atoms with E-state index in [9.17, 15) is 19.2 Å². The summed E-state index contributed by atoms with van der Waals surface area (Å²) in [4.78, 5) is 49.1. The van der Waals surface area contributed by atoms with Gasteiger partial charge in [-0.2, -0.15) is 0 Å². The van der Waals surface area contributed by atoms with Crippen molar-refractivity contribution in [2.45, 2.75) is 0 Å². The molecule has 0 aliphatic carbocycles. The van der Waals surface area contributed by atoms with Crippen LogP contribution in [-0.2, 0) is 14.3 Å². The first-order chi connectivity index (χ1) is 15.3. The first kappa shape index (κ1) is 21.5. The van der Waals surface area contributed by atoms with Crippen LogP contribution in [0.3, 0.4) is 0 Å². The fourth-order valence-electron chi connectivity index (χ4n) is 3.29. The lowest BCUT2D eigenvalue weighted by Crippen LogP contribution is -2.24. The van der Waals surface area contributed by atoms with Crippen molar-refractivity contribution in [3.05, 3.63) is 70.2 Å². The molecule has 0 radical (unpaired) electrons. The highest BCUT2D eigenvalue weighted by Crippen LogP contribution is 2.33.